The molecule has 1 aromatic heterocycles. The van der Waals surface area contributed by atoms with Crippen molar-refractivity contribution in [3.8, 4) is 0 Å². The minimum Gasteiger partial charge on any atom is -0.303 e. The highest BCUT2D eigenvalue weighted by Crippen LogP contribution is 2.51. The quantitative estimate of drug-likeness (QED) is 0.0695. The molecule has 0 bridgehead atoms. The second kappa shape index (κ2) is 22.0. The van der Waals surface area contributed by atoms with Gasteiger partial charge in [0.05, 0.1) is 39.6 Å². The van der Waals surface area contributed by atoms with E-state index >= 15 is 0 Å². The lowest BCUT2D eigenvalue weighted by molar-refractivity contribution is 0.205. The Morgan fingerprint density at radius 2 is 0.548 bits per heavy atom. The molecule has 0 aliphatic heterocycles. The van der Waals surface area contributed by atoms with Crippen molar-refractivity contribution in [2.24, 2.45) is 0 Å². The van der Waals surface area contributed by atoms with Crippen molar-refractivity contribution in [1.29, 1.82) is 0 Å². The van der Waals surface area contributed by atoms with E-state index in [1.165, 1.54) is 0 Å². The summed E-state index contributed by atoms with van der Waals surface area (Å²) in [5.74, 6) is 0. The summed E-state index contributed by atoms with van der Waals surface area (Å²) in [4.78, 5) is 13.0. The minimum atomic E-state index is -4.18. The van der Waals surface area contributed by atoms with Crippen LogP contribution in [0.2, 0.25) is 0 Å². The predicted octanol–water partition coefficient (Wildman–Crippen LogP) is 7.23. The van der Waals surface area contributed by atoms with E-state index in [9.17, 15) is 13.7 Å². The van der Waals surface area contributed by atoms with Gasteiger partial charge in [0.2, 0.25) is 16.7 Å². The van der Waals surface area contributed by atoms with Crippen LogP contribution in [0.4, 0.5) is 0 Å². The Morgan fingerprint density at radius 1 is 0.381 bits per heavy atom. The van der Waals surface area contributed by atoms with Crippen molar-refractivity contribution in [3.05, 3.63) is 0 Å². The molecule has 0 aliphatic rings. The van der Waals surface area contributed by atoms with Crippen molar-refractivity contribution in [2.45, 2.75) is 119 Å². The SMILES string of the molecule is CCCCOP(=O)(OCCCC)c1nc(P(=O)(OCCCC)OCCCC)nc(P(=O)(OCCCC)OCCCC)n1. The lowest BCUT2D eigenvalue weighted by Crippen LogP contribution is -2.38. The summed E-state index contributed by atoms with van der Waals surface area (Å²) in [7, 11) is -12.5. The van der Waals surface area contributed by atoms with E-state index in [-0.39, 0.29) is 39.6 Å². The Balaban J connectivity index is 3.86. The molecule has 0 saturated heterocycles. The molecule has 0 amide bonds. The Labute approximate surface area is 253 Å². The first-order chi connectivity index (χ1) is 20.2. The first-order valence-corrected chi connectivity index (χ1v) is 20.3. The van der Waals surface area contributed by atoms with Crippen LogP contribution >= 0.6 is 22.8 Å². The van der Waals surface area contributed by atoms with Crippen molar-refractivity contribution in [1.82, 2.24) is 15.0 Å². The number of nitrogens with zero attached hydrogens (tertiary/aromatic N) is 3. The zero-order valence-corrected chi connectivity index (χ0v) is 29.3. The molecule has 1 aromatic rings. The van der Waals surface area contributed by atoms with Crippen LogP contribution in [0, 0.1) is 0 Å². The molecule has 246 valence electrons. The first-order valence-electron chi connectivity index (χ1n) is 15.6. The lowest BCUT2D eigenvalue weighted by Gasteiger charge is -2.23. The van der Waals surface area contributed by atoms with Gasteiger partial charge in [0, 0.05) is 0 Å². The number of hydrogen-bond acceptors (Lipinski definition) is 12. The molecule has 15 heteroatoms. The van der Waals surface area contributed by atoms with Gasteiger partial charge in [-0.05, 0) is 38.5 Å². The van der Waals surface area contributed by atoms with Crippen molar-refractivity contribution < 1.29 is 40.8 Å². The van der Waals surface area contributed by atoms with Gasteiger partial charge < -0.3 is 27.1 Å². The summed E-state index contributed by atoms with van der Waals surface area (Å²) < 4.78 is 77.3. The van der Waals surface area contributed by atoms with Crippen LogP contribution in [-0.4, -0.2) is 54.6 Å². The van der Waals surface area contributed by atoms with Gasteiger partial charge in [-0.3, -0.25) is 13.7 Å². The molecular weight excluding hydrogens is 603 g/mol. The molecule has 0 spiro atoms. The van der Waals surface area contributed by atoms with Crippen LogP contribution in [-0.2, 0) is 40.8 Å². The van der Waals surface area contributed by atoms with E-state index in [0.29, 0.717) is 38.5 Å². The Hall–Kier alpha value is -0.540. The summed E-state index contributed by atoms with van der Waals surface area (Å²) in [6, 6.07) is 0. The van der Waals surface area contributed by atoms with Crippen LogP contribution in [0.15, 0.2) is 0 Å². The van der Waals surface area contributed by atoms with Crippen LogP contribution in [0.1, 0.15) is 119 Å². The van der Waals surface area contributed by atoms with Crippen LogP contribution < -0.4 is 16.7 Å². The Kier molecular flexibility index (Phi) is 20.7. The maximum atomic E-state index is 14.2. The molecule has 0 unspecified atom stereocenters. The highest BCUT2D eigenvalue weighted by atomic mass is 31.2. The van der Waals surface area contributed by atoms with Crippen molar-refractivity contribution in [3.63, 3.8) is 0 Å². The van der Waals surface area contributed by atoms with Gasteiger partial charge >= 0.3 is 22.8 Å². The third-order valence-corrected chi connectivity index (χ3v) is 11.1. The van der Waals surface area contributed by atoms with Gasteiger partial charge in [-0.1, -0.05) is 80.1 Å². The summed E-state index contributed by atoms with van der Waals surface area (Å²) >= 11 is 0. The average Bonchev–Trinajstić information content (AvgIpc) is 2.98. The smallest absolute Gasteiger partial charge is 0.303 e. The van der Waals surface area contributed by atoms with E-state index in [4.69, 9.17) is 27.1 Å². The highest BCUT2D eigenvalue weighted by Gasteiger charge is 2.42. The molecule has 0 saturated carbocycles. The predicted molar refractivity (Wildman–Crippen MR) is 167 cm³/mol. The van der Waals surface area contributed by atoms with E-state index in [2.05, 4.69) is 15.0 Å². The molecule has 0 radical (unpaired) electrons. The molecule has 0 atom stereocenters. The maximum Gasteiger partial charge on any atom is 0.398 e. The van der Waals surface area contributed by atoms with Crippen LogP contribution in [0.5, 0.6) is 0 Å². The molecular formula is C27H54N3O9P3. The topological polar surface area (TPSA) is 145 Å². The summed E-state index contributed by atoms with van der Waals surface area (Å²) in [6.45, 7) is 12.5. The molecule has 0 N–H and O–H groups in total. The van der Waals surface area contributed by atoms with Crippen molar-refractivity contribution >= 4 is 39.5 Å². The largest absolute Gasteiger partial charge is 0.398 e. The zero-order chi connectivity index (χ0) is 31.3. The van der Waals surface area contributed by atoms with E-state index < -0.39 is 39.5 Å². The molecule has 0 aliphatic carbocycles. The normalized spacial score (nSPS) is 12.7. The van der Waals surface area contributed by atoms with E-state index in [0.717, 1.165) is 38.5 Å². The summed E-state index contributed by atoms with van der Waals surface area (Å²) in [6.07, 6.45) is 8.44. The summed E-state index contributed by atoms with van der Waals surface area (Å²) in [5, 5.41) is 0. The lowest BCUT2D eigenvalue weighted by atomic mass is 10.4. The number of unbranched alkanes of at least 4 members (excludes halogenated alkanes) is 6. The second-order valence-corrected chi connectivity index (χ2v) is 15.6. The minimum absolute atomic E-state index is 0.117. The van der Waals surface area contributed by atoms with Gasteiger partial charge in [0.25, 0.3) is 0 Å². The molecule has 12 nitrogen and oxygen atoms in total. The fourth-order valence-corrected chi connectivity index (χ4v) is 7.82. The van der Waals surface area contributed by atoms with Gasteiger partial charge in [-0.15, -0.1) is 0 Å². The monoisotopic (exact) mass is 657 g/mol. The Bertz CT molecular complexity index is 838. The van der Waals surface area contributed by atoms with Gasteiger partial charge in [-0.25, -0.2) is 0 Å². The van der Waals surface area contributed by atoms with Gasteiger partial charge in [0.1, 0.15) is 0 Å². The van der Waals surface area contributed by atoms with E-state index in [1.807, 2.05) is 41.5 Å². The van der Waals surface area contributed by atoms with Crippen molar-refractivity contribution in [2.75, 3.05) is 39.6 Å². The first kappa shape index (κ1) is 39.5. The van der Waals surface area contributed by atoms with Gasteiger partial charge in [-0.2, -0.15) is 15.0 Å². The molecule has 1 heterocycles. The number of rotatable bonds is 27. The van der Waals surface area contributed by atoms with E-state index in [1.54, 1.807) is 0 Å². The molecule has 0 aromatic carbocycles. The zero-order valence-electron chi connectivity index (χ0n) is 26.6. The second-order valence-electron chi connectivity index (χ2n) is 9.85. The van der Waals surface area contributed by atoms with Crippen LogP contribution in [0.3, 0.4) is 0 Å². The van der Waals surface area contributed by atoms with Gasteiger partial charge in [0.15, 0.2) is 0 Å². The van der Waals surface area contributed by atoms with Crippen LogP contribution in [0.25, 0.3) is 0 Å². The molecule has 42 heavy (non-hydrogen) atoms. The fraction of sp³-hybridized carbons (Fsp3) is 0.889. The summed E-state index contributed by atoms with van der Waals surface area (Å²) in [5.41, 5.74) is -1.27. The maximum absolute atomic E-state index is 14.2. The third kappa shape index (κ3) is 13.6. The molecule has 0 fully saturated rings. The highest BCUT2D eigenvalue weighted by molar-refractivity contribution is 7.64. The Morgan fingerprint density at radius 3 is 0.690 bits per heavy atom. The number of hydrogen-bond donors (Lipinski definition) is 0. The fourth-order valence-electron chi connectivity index (χ4n) is 3.14. The average molecular weight is 658 g/mol. The number of aromatic nitrogens is 3. The molecule has 1 rings (SSSR count). The third-order valence-electron chi connectivity index (χ3n) is 5.89. The standard InChI is InChI=1S/C27H54N3O9P3/c1-7-13-19-34-40(31,35-20-14-8-2)25-28-26(41(32,36-21-15-9-3)37-22-16-10-4)30-27(29-25)42(33,38-23-17-11-5)39-24-18-12-6/h7-24H2,1-6H3.